The molecule has 0 saturated carbocycles. The minimum Gasteiger partial charge on any atom is -0.480 e. The van der Waals surface area contributed by atoms with Crippen molar-refractivity contribution in [3.8, 4) is 0 Å². The van der Waals surface area contributed by atoms with Crippen molar-refractivity contribution in [3.63, 3.8) is 0 Å². The van der Waals surface area contributed by atoms with Gasteiger partial charge in [0.25, 0.3) is 0 Å². The number of hydrogen-bond donors (Lipinski definition) is 1. The van der Waals surface area contributed by atoms with E-state index in [-0.39, 0.29) is 13.2 Å². The number of halogens is 1. The Morgan fingerprint density at radius 1 is 1.62 bits per heavy atom. The monoisotopic (exact) mass is 245 g/mol. The zero-order chi connectivity index (χ0) is 9.68. The number of carbonyl (C=O) groups is 1. The van der Waals surface area contributed by atoms with E-state index in [2.05, 4.69) is 20.9 Å². The molecule has 0 aliphatic carbocycles. The summed E-state index contributed by atoms with van der Waals surface area (Å²) in [5.74, 6) is -0.975. The molecule has 5 heteroatoms. The first-order chi connectivity index (χ1) is 6.18. The maximum Gasteiger partial charge on any atom is 0.329 e. The molecule has 1 aromatic rings. The number of hydrogen-bond acceptors (Lipinski definition) is 3. The molecular formula is C8H8BrNO3. The maximum atomic E-state index is 10.1. The quantitative estimate of drug-likeness (QED) is 0.873. The van der Waals surface area contributed by atoms with Crippen molar-refractivity contribution in [1.82, 2.24) is 4.98 Å². The molecule has 4 nitrogen and oxygen atoms in total. The van der Waals surface area contributed by atoms with Crippen LogP contribution >= 0.6 is 15.9 Å². The van der Waals surface area contributed by atoms with Gasteiger partial charge in [0.15, 0.2) is 0 Å². The van der Waals surface area contributed by atoms with Crippen molar-refractivity contribution in [3.05, 3.63) is 28.5 Å². The third-order valence-corrected chi connectivity index (χ3v) is 1.73. The molecule has 0 unspecified atom stereocenters. The van der Waals surface area contributed by atoms with Gasteiger partial charge in [0.1, 0.15) is 6.61 Å². The molecule has 1 N–H and O–H groups in total. The van der Waals surface area contributed by atoms with E-state index in [0.29, 0.717) is 5.69 Å². The Balaban J connectivity index is 2.37. The number of aromatic nitrogens is 1. The lowest BCUT2D eigenvalue weighted by Gasteiger charge is -2.00. The first-order valence-corrected chi connectivity index (χ1v) is 4.38. The number of ether oxygens (including phenoxy) is 1. The number of carboxylic acid groups (broad SMARTS) is 1. The maximum absolute atomic E-state index is 10.1. The van der Waals surface area contributed by atoms with Crippen molar-refractivity contribution in [2.24, 2.45) is 0 Å². The van der Waals surface area contributed by atoms with Gasteiger partial charge in [0.05, 0.1) is 12.3 Å². The Bertz CT molecular complexity index is 286. The highest BCUT2D eigenvalue weighted by Gasteiger charge is 1.98. The average molecular weight is 246 g/mol. The van der Waals surface area contributed by atoms with Crippen LogP contribution in [0.25, 0.3) is 0 Å². The molecule has 0 atom stereocenters. The van der Waals surface area contributed by atoms with Crippen LogP contribution in [-0.2, 0) is 16.1 Å². The highest BCUT2D eigenvalue weighted by atomic mass is 79.9. The molecule has 13 heavy (non-hydrogen) atoms. The van der Waals surface area contributed by atoms with E-state index in [1.54, 1.807) is 12.3 Å². The van der Waals surface area contributed by atoms with Crippen LogP contribution in [0.1, 0.15) is 5.69 Å². The Hall–Kier alpha value is -0.940. The first-order valence-electron chi connectivity index (χ1n) is 3.58. The fourth-order valence-electron chi connectivity index (χ4n) is 0.735. The summed E-state index contributed by atoms with van der Waals surface area (Å²) in [6.45, 7) is -0.0721. The summed E-state index contributed by atoms with van der Waals surface area (Å²) in [6.07, 6.45) is 1.64. The Kier molecular flexibility index (Phi) is 3.85. The molecule has 0 aromatic carbocycles. The predicted octanol–water partition coefficient (Wildman–Crippen LogP) is 1.45. The molecule has 1 heterocycles. The molecule has 1 aromatic heterocycles. The van der Waals surface area contributed by atoms with Gasteiger partial charge in [-0.05, 0) is 28.1 Å². The standard InChI is InChI=1S/C8H8BrNO3/c9-6-1-2-7(10-3-6)4-13-5-8(11)12/h1-3H,4-5H2,(H,11,12). The van der Waals surface area contributed by atoms with Crippen molar-refractivity contribution < 1.29 is 14.6 Å². The normalized spacial score (nSPS) is 9.92. The lowest BCUT2D eigenvalue weighted by Crippen LogP contribution is -2.07. The lowest BCUT2D eigenvalue weighted by atomic mass is 10.4. The first kappa shape index (κ1) is 10.1. The Morgan fingerprint density at radius 3 is 2.92 bits per heavy atom. The van der Waals surface area contributed by atoms with E-state index in [0.717, 1.165) is 4.47 Å². The molecule has 1 rings (SSSR count). The lowest BCUT2D eigenvalue weighted by molar-refractivity contribution is -0.142. The second-order valence-corrected chi connectivity index (χ2v) is 3.27. The van der Waals surface area contributed by atoms with Crippen LogP contribution in [0.2, 0.25) is 0 Å². The van der Waals surface area contributed by atoms with E-state index in [1.165, 1.54) is 0 Å². The molecule has 0 aliphatic rings. The van der Waals surface area contributed by atoms with Gasteiger partial charge in [-0.25, -0.2) is 4.79 Å². The molecule has 0 radical (unpaired) electrons. The molecule has 0 fully saturated rings. The highest BCUT2D eigenvalue weighted by Crippen LogP contribution is 2.07. The van der Waals surface area contributed by atoms with Crippen LogP contribution in [0.4, 0.5) is 0 Å². The van der Waals surface area contributed by atoms with Crippen LogP contribution < -0.4 is 0 Å². The van der Waals surface area contributed by atoms with E-state index in [4.69, 9.17) is 9.84 Å². The van der Waals surface area contributed by atoms with E-state index >= 15 is 0 Å². The Morgan fingerprint density at radius 2 is 2.38 bits per heavy atom. The van der Waals surface area contributed by atoms with Crippen molar-refractivity contribution in [2.75, 3.05) is 6.61 Å². The average Bonchev–Trinajstić information content (AvgIpc) is 2.08. The number of rotatable bonds is 4. The molecule has 0 amide bonds. The minimum absolute atomic E-state index is 0.222. The van der Waals surface area contributed by atoms with Gasteiger partial charge in [0.2, 0.25) is 0 Å². The zero-order valence-electron chi connectivity index (χ0n) is 6.74. The second-order valence-electron chi connectivity index (χ2n) is 2.35. The van der Waals surface area contributed by atoms with Crippen LogP contribution in [0.3, 0.4) is 0 Å². The molecule has 70 valence electrons. The van der Waals surface area contributed by atoms with Gasteiger partial charge >= 0.3 is 5.97 Å². The third kappa shape index (κ3) is 4.00. The summed E-state index contributed by atoms with van der Waals surface area (Å²) in [5, 5.41) is 8.28. The van der Waals surface area contributed by atoms with Crippen LogP contribution in [0, 0.1) is 0 Å². The Labute approximate surface area is 83.7 Å². The van der Waals surface area contributed by atoms with Crippen LogP contribution in [-0.4, -0.2) is 22.7 Å². The number of aliphatic carboxylic acids is 1. The third-order valence-electron chi connectivity index (χ3n) is 1.26. The van der Waals surface area contributed by atoms with E-state index < -0.39 is 5.97 Å². The molecule has 0 spiro atoms. The fraction of sp³-hybridized carbons (Fsp3) is 0.250. The fourth-order valence-corrected chi connectivity index (χ4v) is 0.969. The van der Waals surface area contributed by atoms with Crippen molar-refractivity contribution >= 4 is 21.9 Å². The molecule has 0 saturated heterocycles. The van der Waals surface area contributed by atoms with Gasteiger partial charge in [-0.3, -0.25) is 4.98 Å². The van der Waals surface area contributed by atoms with Gasteiger partial charge in [-0.1, -0.05) is 0 Å². The predicted molar refractivity (Wildman–Crippen MR) is 49.2 cm³/mol. The summed E-state index contributed by atoms with van der Waals surface area (Å²) in [4.78, 5) is 14.1. The highest BCUT2D eigenvalue weighted by molar-refractivity contribution is 9.10. The van der Waals surface area contributed by atoms with Gasteiger partial charge in [-0.2, -0.15) is 0 Å². The summed E-state index contributed by atoms with van der Waals surface area (Å²) >= 11 is 3.24. The molecule has 0 aliphatic heterocycles. The summed E-state index contributed by atoms with van der Waals surface area (Å²) in [5.41, 5.74) is 0.712. The smallest absolute Gasteiger partial charge is 0.329 e. The largest absolute Gasteiger partial charge is 0.480 e. The summed E-state index contributed by atoms with van der Waals surface area (Å²) < 4.78 is 5.73. The van der Waals surface area contributed by atoms with E-state index in [9.17, 15) is 4.79 Å². The molecular weight excluding hydrogens is 238 g/mol. The second kappa shape index (κ2) is 4.94. The topological polar surface area (TPSA) is 59.4 Å². The van der Waals surface area contributed by atoms with Crippen molar-refractivity contribution in [2.45, 2.75) is 6.61 Å². The van der Waals surface area contributed by atoms with E-state index in [1.807, 2.05) is 6.07 Å². The van der Waals surface area contributed by atoms with Gasteiger partial charge in [-0.15, -0.1) is 0 Å². The van der Waals surface area contributed by atoms with Crippen LogP contribution in [0.15, 0.2) is 22.8 Å². The number of nitrogens with zero attached hydrogens (tertiary/aromatic N) is 1. The van der Waals surface area contributed by atoms with Gasteiger partial charge in [0, 0.05) is 10.7 Å². The van der Waals surface area contributed by atoms with Crippen LogP contribution in [0.5, 0.6) is 0 Å². The molecule has 0 bridgehead atoms. The van der Waals surface area contributed by atoms with Gasteiger partial charge < -0.3 is 9.84 Å². The number of pyridine rings is 1. The van der Waals surface area contributed by atoms with Crippen molar-refractivity contribution in [1.29, 1.82) is 0 Å². The summed E-state index contributed by atoms with van der Waals surface area (Å²) in [6, 6.07) is 3.60. The zero-order valence-corrected chi connectivity index (χ0v) is 8.32. The SMILES string of the molecule is O=C(O)COCc1ccc(Br)cn1. The number of carboxylic acids is 1. The summed E-state index contributed by atoms with van der Waals surface area (Å²) in [7, 11) is 0. The minimum atomic E-state index is -0.975.